The molecule has 162 valence electrons. The lowest BCUT2D eigenvalue weighted by Crippen LogP contribution is -2.54. The Morgan fingerprint density at radius 3 is 2.32 bits per heavy atom. The third-order valence-electron chi connectivity index (χ3n) is 5.16. The van der Waals surface area contributed by atoms with E-state index < -0.39 is 29.7 Å². The first-order chi connectivity index (χ1) is 15.0. The molecule has 1 fully saturated rings. The lowest BCUT2D eigenvalue weighted by molar-refractivity contribution is -0.136. The fourth-order valence-electron chi connectivity index (χ4n) is 3.62. The maximum Gasteiger partial charge on any atom is 0.264 e. The van der Waals surface area contributed by atoms with Gasteiger partial charge in [-0.2, -0.15) is 0 Å². The van der Waals surface area contributed by atoms with Crippen LogP contribution in [0.15, 0.2) is 42.5 Å². The van der Waals surface area contributed by atoms with Crippen LogP contribution < -0.4 is 10.6 Å². The number of hydrogen-bond donors (Lipinski definition) is 3. The molecule has 1 atom stereocenters. The van der Waals surface area contributed by atoms with Gasteiger partial charge in [-0.25, -0.2) is 0 Å². The third kappa shape index (κ3) is 4.34. The number of hydrogen-bond acceptors (Lipinski definition) is 6. The van der Waals surface area contributed by atoms with Crippen LogP contribution in [-0.2, 0) is 22.7 Å². The molecule has 2 aromatic carbocycles. The van der Waals surface area contributed by atoms with Gasteiger partial charge in [0.05, 0.1) is 17.7 Å². The molecule has 1 saturated heterocycles. The minimum absolute atomic E-state index is 0.0350. The van der Waals surface area contributed by atoms with E-state index in [0.717, 1.165) is 16.0 Å². The number of rotatable bonds is 5. The number of nitrogens with zero attached hydrogens (tertiary/aromatic N) is 1. The van der Waals surface area contributed by atoms with Crippen molar-refractivity contribution in [2.24, 2.45) is 0 Å². The van der Waals surface area contributed by atoms with Crippen LogP contribution in [0.3, 0.4) is 0 Å². The third-order valence-corrected chi connectivity index (χ3v) is 5.16. The molecule has 31 heavy (non-hydrogen) atoms. The van der Waals surface area contributed by atoms with Crippen LogP contribution in [0.4, 0.5) is 5.69 Å². The van der Waals surface area contributed by atoms with Crippen LogP contribution >= 0.6 is 0 Å². The Balaban J connectivity index is 0.00000132. The molecule has 4 amide bonds. The van der Waals surface area contributed by atoms with Gasteiger partial charge in [0.2, 0.25) is 11.8 Å². The Morgan fingerprint density at radius 2 is 1.68 bits per heavy atom. The van der Waals surface area contributed by atoms with Crippen LogP contribution in [0.5, 0.6) is 0 Å². The second-order valence-corrected chi connectivity index (χ2v) is 7.00. The van der Waals surface area contributed by atoms with Crippen LogP contribution in [-0.4, -0.2) is 39.7 Å². The number of anilines is 1. The van der Waals surface area contributed by atoms with E-state index in [2.05, 4.69) is 10.6 Å². The molecule has 2 heterocycles. The van der Waals surface area contributed by atoms with E-state index in [9.17, 15) is 19.2 Å². The van der Waals surface area contributed by atoms with E-state index >= 15 is 0 Å². The summed E-state index contributed by atoms with van der Waals surface area (Å²) in [6, 6.07) is 11.3. The van der Waals surface area contributed by atoms with Crippen molar-refractivity contribution in [1.82, 2.24) is 10.2 Å². The number of carbonyl (C=O) groups is 4. The van der Waals surface area contributed by atoms with E-state index in [4.69, 9.17) is 5.11 Å². The summed E-state index contributed by atoms with van der Waals surface area (Å²) < 4.78 is 0. The quantitative estimate of drug-likeness (QED) is 0.635. The number of aliphatic hydroxyl groups is 1. The standard InChI is InChI=1S/C21H19N3O5.C2H6/c25-11-13-6-4-12(5-7-13)10-22-15-3-1-2-14-18(15)21(29)24(20(14)28)16-8-9-17(26)23-19(16)27;1-2/h1-7,16,22,25H,8-11H2,(H,23,26,27);1-2H3. The van der Waals surface area contributed by atoms with E-state index in [-0.39, 0.29) is 30.6 Å². The number of nitrogens with one attached hydrogen (secondary N) is 2. The number of amides is 4. The first-order valence-electron chi connectivity index (χ1n) is 10.3. The second kappa shape index (κ2) is 9.53. The molecule has 0 spiro atoms. The maximum absolute atomic E-state index is 13.0. The molecule has 2 aliphatic heterocycles. The lowest BCUT2D eigenvalue weighted by Gasteiger charge is -2.27. The largest absolute Gasteiger partial charge is 0.392 e. The van der Waals surface area contributed by atoms with Crippen LogP contribution in [0, 0.1) is 0 Å². The van der Waals surface area contributed by atoms with Gasteiger partial charge in [-0.05, 0) is 29.7 Å². The highest BCUT2D eigenvalue weighted by Gasteiger charge is 2.45. The SMILES string of the molecule is CC.O=C1CCC(N2C(=O)c3cccc(NCc4ccc(CO)cc4)c3C2=O)C(=O)N1. The maximum atomic E-state index is 13.0. The monoisotopic (exact) mass is 423 g/mol. The molecule has 0 aromatic heterocycles. The molecule has 1 unspecified atom stereocenters. The van der Waals surface area contributed by atoms with Crippen molar-refractivity contribution < 1.29 is 24.3 Å². The van der Waals surface area contributed by atoms with Gasteiger partial charge in [-0.1, -0.05) is 44.2 Å². The zero-order chi connectivity index (χ0) is 22.5. The van der Waals surface area contributed by atoms with E-state index in [1.807, 2.05) is 38.1 Å². The van der Waals surface area contributed by atoms with Crippen LogP contribution in [0.1, 0.15) is 58.5 Å². The summed E-state index contributed by atoms with van der Waals surface area (Å²) in [5, 5.41) is 14.5. The summed E-state index contributed by atoms with van der Waals surface area (Å²) >= 11 is 0. The summed E-state index contributed by atoms with van der Waals surface area (Å²) in [6.07, 6.45) is 0.203. The molecule has 0 radical (unpaired) electrons. The van der Waals surface area contributed by atoms with Crippen molar-refractivity contribution in [3.63, 3.8) is 0 Å². The molecular formula is C23H25N3O5. The summed E-state index contributed by atoms with van der Waals surface area (Å²) in [4.78, 5) is 50.3. The van der Waals surface area contributed by atoms with Crippen molar-refractivity contribution in [2.45, 2.75) is 45.9 Å². The Labute approximate surface area is 180 Å². The molecule has 0 aliphatic carbocycles. The van der Waals surface area contributed by atoms with Gasteiger partial charge in [0, 0.05) is 18.7 Å². The highest BCUT2D eigenvalue weighted by Crippen LogP contribution is 2.32. The Kier molecular flexibility index (Phi) is 6.81. The first kappa shape index (κ1) is 22.2. The molecule has 8 nitrogen and oxygen atoms in total. The fraction of sp³-hybridized carbons (Fsp3) is 0.304. The normalized spacial score (nSPS) is 17.6. The average Bonchev–Trinajstić information content (AvgIpc) is 3.05. The van der Waals surface area contributed by atoms with Gasteiger partial charge in [0.1, 0.15) is 6.04 Å². The average molecular weight is 423 g/mol. The highest BCUT2D eigenvalue weighted by atomic mass is 16.3. The zero-order valence-electron chi connectivity index (χ0n) is 17.5. The number of imide groups is 2. The van der Waals surface area contributed by atoms with Crippen molar-refractivity contribution >= 4 is 29.3 Å². The number of aliphatic hydroxyl groups excluding tert-OH is 1. The van der Waals surface area contributed by atoms with Crippen LogP contribution in [0.25, 0.3) is 0 Å². The summed E-state index contributed by atoms with van der Waals surface area (Å²) in [5.41, 5.74) is 2.71. The van der Waals surface area contributed by atoms with Crippen molar-refractivity contribution in [3.05, 3.63) is 64.7 Å². The topological polar surface area (TPSA) is 116 Å². The molecule has 2 aromatic rings. The zero-order valence-corrected chi connectivity index (χ0v) is 17.5. The Morgan fingerprint density at radius 1 is 1.00 bits per heavy atom. The molecule has 0 bridgehead atoms. The van der Waals surface area contributed by atoms with Gasteiger partial charge in [-0.3, -0.25) is 29.4 Å². The minimum atomic E-state index is -0.987. The minimum Gasteiger partial charge on any atom is -0.392 e. The molecule has 2 aliphatic rings. The van der Waals surface area contributed by atoms with Crippen molar-refractivity contribution in [2.75, 3.05) is 5.32 Å². The van der Waals surface area contributed by atoms with Crippen LogP contribution in [0.2, 0.25) is 0 Å². The lowest BCUT2D eigenvalue weighted by atomic mass is 10.0. The second-order valence-electron chi connectivity index (χ2n) is 7.00. The Bertz CT molecular complexity index is 1020. The molecular weight excluding hydrogens is 398 g/mol. The van der Waals surface area contributed by atoms with E-state index in [0.29, 0.717) is 12.2 Å². The van der Waals surface area contributed by atoms with Gasteiger partial charge < -0.3 is 10.4 Å². The summed E-state index contributed by atoms with van der Waals surface area (Å²) in [7, 11) is 0. The van der Waals surface area contributed by atoms with Gasteiger partial charge in [-0.15, -0.1) is 0 Å². The summed E-state index contributed by atoms with van der Waals surface area (Å²) in [5.74, 6) is -2.11. The smallest absolute Gasteiger partial charge is 0.264 e. The number of benzene rings is 2. The van der Waals surface area contributed by atoms with Gasteiger partial charge in [0.15, 0.2) is 0 Å². The van der Waals surface area contributed by atoms with E-state index in [1.54, 1.807) is 18.2 Å². The number of piperidine rings is 1. The number of fused-ring (bicyclic) bond motifs is 1. The summed E-state index contributed by atoms with van der Waals surface area (Å²) in [6.45, 7) is 4.38. The molecule has 8 heteroatoms. The van der Waals surface area contributed by atoms with E-state index in [1.165, 1.54) is 0 Å². The van der Waals surface area contributed by atoms with Crippen molar-refractivity contribution in [1.29, 1.82) is 0 Å². The highest BCUT2D eigenvalue weighted by molar-refractivity contribution is 6.25. The van der Waals surface area contributed by atoms with Gasteiger partial charge in [0.25, 0.3) is 11.8 Å². The first-order valence-corrected chi connectivity index (χ1v) is 10.3. The Hall–Kier alpha value is -3.52. The van der Waals surface area contributed by atoms with Crippen molar-refractivity contribution in [3.8, 4) is 0 Å². The fourth-order valence-corrected chi connectivity index (χ4v) is 3.62. The predicted octanol–water partition coefficient (Wildman–Crippen LogP) is 2.22. The van der Waals surface area contributed by atoms with Gasteiger partial charge >= 0.3 is 0 Å². The predicted molar refractivity (Wildman–Crippen MR) is 114 cm³/mol. The molecule has 3 N–H and O–H groups in total. The molecule has 0 saturated carbocycles. The number of carbonyl (C=O) groups excluding carboxylic acids is 4. The molecule has 4 rings (SSSR count).